The highest BCUT2D eigenvalue weighted by Crippen LogP contribution is 2.25. The molecule has 0 radical (unpaired) electrons. The largest absolute Gasteiger partial charge is 0.336 e. The minimum atomic E-state index is 0.0961. The number of carbonyl (C=O) groups excluding carboxylic acids is 1. The highest BCUT2D eigenvalue weighted by Gasteiger charge is 2.23. The van der Waals surface area contributed by atoms with Crippen LogP contribution in [0.15, 0.2) is 22.7 Å². The topological polar surface area (TPSA) is 20.3 Å². The summed E-state index contributed by atoms with van der Waals surface area (Å²) >= 11 is 9.39. The monoisotopic (exact) mass is 329 g/mol. The standard InChI is InChI=1S/C14H17BrClNO/c1-10-5-3-2-4-8-17(10)14(18)11-6-7-12(15)13(16)9-11/h6-7,9-10H,2-5,8H2,1H3. The van der Waals surface area contributed by atoms with Gasteiger partial charge in [-0.2, -0.15) is 0 Å². The fraction of sp³-hybridized carbons (Fsp3) is 0.500. The van der Waals surface area contributed by atoms with Crippen LogP contribution in [0.5, 0.6) is 0 Å². The number of rotatable bonds is 1. The van der Waals surface area contributed by atoms with Gasteiger partial charge in [-0.15, -0.1) is 0 Å². The van der Waals surface area contributed by atoms with E-state index in [0.717, 1.165) is 23.9 Å². The predicted octanol–water partition coefficient (Wildman–Crippen LogP) is 4.51. The molecule has 0 spiro atoms. The van der Waals surface area contributed by atoms with Gasteiger partial charge in [-0.3, -0.25) is 4.79 Å². The number of hydrogen-bond acceptors (Lipinski definition) is 1. The molecular formula is C14H17BrClNO. The lowest BCUT2D eigenvalue weighted by Gasteiger charge is -2.27. The lowest BCUT2D eigenvalue weighted by atomic mass is 10.1. The molecule has 0 aromatic heterocycles. The Morgan fingerprint density at radius 1 is 1.39 bits per heavy atom. The first-order valence-electron chi connectivity index (χ1n) is 6.35. The molecule has 1 saturated heterocycles. The molecule has 0 aliphatic carbocycles. The summed E-state index contributed by atoms with van der Waals surface area (Å²) in [4.78, 5) is 14.5. The van der Waals surface area contributed by atoms with Crippen molar-refractivity contribution in [3.05, 3.63) is 33.3 Å². The van der Waals surface area contributed by atoms with E-state index in [1.807, 2.05) is 17.0 Å². The van der Waals surface area contributed by atoms with Gasteiger partial charge in [0, 0.05) is 22.6 Å². The molecule has 1 aromatic carbocycles. The summed E-state index contributed by atoms with van der Waals surface area (Å²) in [5.74, 6) is 0.0961. The molecule has 0 N–H and O–H groups in total. The van der Waals surface area contributed by atoms with Crippen LogP contribution in [0.25, 0.3) is 0 Å². The molecule has 1 heterocycles. The van der Waals surface area contributed by atoms with E-state index in [4.69, 9.17) is 11.6 Å². The first kappa shape index (κ1) is 13.9. The normalized spacial score (nSPS) is 20.6. The van der Waals surface area contributed by atoms with Gasteiger partial charge >= 0.3 is 0 Å². The fourth-order valence-electron chi connectivity index (χ4n) is 2.37. The van der Waals surface area contributed by atoms with Crippen molar-refractivity contribution in [3.8, 4) is 0 Å². The molecular weight excluding hydrogens is 314 g/mol. The van der Waals surface area contributed by atoms with Crippen LogP contribution < -0.4 is 0 Å². The van der Waals surface area contributed by atoms with E-state index in [0.29, 0.717) is 16.6 Å². The Bertz CT molecular complexity index is 449. The summed E-state index contributed by atoms with van der Waals surface area (Å²) in [7, 11) is 0. The molecule has 98 valence electrons. The van der Waals surface area contributed by atoms with Crippen LogP contribution in [-0.2, 0) is 0 Å². The van der Waals surface area contributed by atoms with Crippen LogP contribution in [0, 0.1) is 0 Å². The lowest BCUT2D eigenvalue weighted by molar-refractivity contribution is 0.0698. The average molecular weight is 331 g/mol. The quantitative estimate of drug-likeness (QED) is 0.742. The molecule has 1 unspecified atom stereocenters. The molecule has 1 aliphatic heterocycles. The van der Waals surface area contributed by atoms with Crippen molar-refractivity contribution in [2.75, 3.05) is 6.54 Å². The van der Waals surface area contributed by atoms with Crippen molar-refractivity contribution in [1.29, 1.82) is 0 Å². The zero-order valence-electron chi connectivity index (χ0n) is 10.5. The van der Waals surface area contributed by atoms with E-state index in [9.17, 15) is 4.79 Å². The van der Waals surface area contributed by atoms with Crippen molar-refractivity contribution >= 4 is 33.4 Å². The van der Waals surface area contributed by atoms with Gasteiger partial charge in [-0.25, -0.2) is 0 Å². The number of benzene rings is 1. The molecule has 0 saturated carbocycles. The van der Waals surface area contributed by atoms with E-state index in [-0.39, 0.29) is 5.91 Å². The SMILES string of the molecule is CC1CCCCCN1C(=O)c1ccc(Br)c(Cl)c1. The first-order valence-corrected chi connectivity index (χ1v) is 7.52. The molecule has 1 atom stereocenters. The van der Waals surface area contributed by atoms with Crippen LogP contribution in [-0.4, -0.2) is 23.4 Å². The fourth-order valence-corrected chi connectivity index (χ4v) is 2.80. The average Bonchev–Trinajstić information content (AvgIpc) is 2.56. The van der Waals surface area contributed by atoms with Crippen molar-refractivity contribution in [1.82, 2.24) is 4.90 Å². The van der Waals surface area contributed by atoms with Gasteiger partial charge in [0.2, 0.25) is 0 Å². The smallest absolute Gasteiger partial charge is 0.254 e. The van der Waals surface area contributed by atoms with Crippen LogP contribution in [0.3, 0.4) is 0 Å². The summed E-state index contributed by atoms with van der Waals surface area (Å²) in [6.07, 6.45) is 4.62. The molecule has 1 amide bonds. The third kappa shape index (κ3) is 3.07. The Balaban J connectivity index is 2.21. The van der Waals surface area contributed by atoms with Gasteiger partial charge < -0.3 is 4.90 Å². The number of amides is 1. The zero-order chi connectivity index (χ0) is 13.1. The van der Waals surface area contributed by atoms with Crippen molar-refractivity contribution in [2.24, 2.45) is 0 Å². The van der Waals surface area contributed by atoms with Crippen LogP contribution in [0.2, 0.25) is 5.02 Å². The summed E-state index contributed by atoms with van der Waals surface area (Å²) in [5.41, 5.74) is 0.678. The molecule has 2 rings (SSSR count). The molecule has 2 nitrogen and oxygen atoms in total. The van der Waals surface area contributed by atoms with Crippen molar-refractivity contribution < 1.29 is 4.79 Å². The molecule has 4 heteroatoms. The Kier molecular flexibility index (Phi) is 4.68. The predicted molar refractivity (Wildman–Crippen MR) is 78.1 cm³/mol. The summed E-state index contributed by atoms with van der Waals surface area (Å²) < 4.78 is 0.824. The highest BCUT2D eigenvalue weighted by molar-refractivity contribution is 9.10. The third-order valence-electron chi connectivity index (χ3n) is 3.48. The Morgan fingerprint density at radius 3 is 2.89 bits per heavy atom. The lowest BCUT2D eigenvalue weighted by Crippen LogP contribution is -2.38. The van der Waals surface area contributed by atoms with Gasteiger partial charge in [0.05, 0.1) is 5.02 Å². The van der Waals surface area contributed by atoms with Gasteiger partial charge in [-0.05, 0) is 53.9 Å². The van der Waals surface area contributed by atoms with Crippen LogP contribution >= 0.6 is 27.5 Å². The number of likely N-dealkylation sites (tertiary alicyclic amines) is 1. The molecule has 0 bridgehead atoms. The Morgan fingerprint density at radius 2 is 2.17 bits per heavy atom. The van der Waals surface area contributed by atoms with E-state index in [1.165, 1.54) is 12.8 Å². The van der Waals surface area contributed by atoms with E-state index in [2.05, 4.69) is 22.9 Å². The summed E-state index contributed by atoms with van der Waals surface area (Å²) in [5, 5.41) is 0.586. The molecule has 18 heavy (non-hydrogen) atoms. The number of carbonyl (C=O) groups is 1. The van der Waals surface area contributed by atoms with E-state index in [1.54, 1.807) is 6.07 Å². The van der Waals surface area contributed by atoms with Gasteiger partial charge in [0.15, 0.2) is 0 Å². The van der Waals surface area contributed by atoms with Crippen molar-refractivity contribution in [2.45, 2.75) is 38.6 Å². The molecule has 1 aliphatic rings. The van der Waals surface area contributed by atoms with Crippen molar-refractivity contribution in [3.63, 3.8) is 0 Å². The minimum Gasteiger partial charge on any atom is -0.336 e. The zero-order valence-corrected chi connectivity index (χ0v) is 12.8. The Hall–Kier alpha value is -0.540. The number of halogens is 2. The number of hydrogen-bond donors (Lipinski definition) is 0. The number of nitrogens with zero attached hydrogens (tertiary/aromatic N) is 1. The second-order valence-corrected chi connectivity index (χ2v) is 6.09. The van der Waals surface area contributed by atoms with E-state index < -0.39 is 0 Å². The van der Waals surface area contributed by atoms with Gasteiger partial charge in [0.25, 0.3) is 5.91 Å². The Labute approximate surface area is 121 Å². The van der Waals surface area contributed by atoms with Gasteiger partial charge in [0.1, 0.15) is 0 Å². The maximum atomic E-state index is 12.5. The van der Waals surface area contributed by atoms with Crippen LogP contribution in [0.1, 0.15) is 43.0 Å². The maximum absolute atomic E-state index is 12.5. The highest BCUT2D eigenvalue weighted by atomic mass is 79.9. The maximum Gasteiger partial charge on any atom is 0.254 e. The van der Waals surface area contributed by atoms with Crippen LogP contribution in [0.4, 0.5) is 0 Å². The summed E-state index contributed by atoms with van der Waals surface area (Å²) in [6, 6.07) is 5.72. The molecule has 1 fully saturated rings. The summed E-state index contributed by atoms with van der Waals surface area (Å²) in [6.45, 7) is 2.98. The molecule has 1 aromatic rings. The minimum absolute atomic E-state index is 0.0961. The second-order valence-electron chi connectivity index (χ2n) is 4.83. The van der Waals surface area contributed by atoms with E-state index >= 15 is 0 Å². The van der Waals surface area contributed by atoms with Gasteiger partial charge in [-0.1, -0.05) is 24.4 Å². The third-order valence-corrected chi connectivity index (χ3v) is 4.71. The second kappa shape index (κ2) is 6.07. The first-order chi connectivity index (χ1) is 8.59.